The second kappa shape index (κ2) is 10.8. The molecule has 2 aliphatic rings. The van der Waals surface area contributed by atoms with Crippen LogP contribution in [-0.2, 0) is 16.0 Å². The zero-order valence-corrected chi connectivity index (χ0v) is 19.8. The zero-order chi connectivity index (χ0) is 24.1. The third-order valence-electron chi connectivity index (χ3n) is 6.53. The quantitative estimate of drug-likeness (QED) is 0.634. The Kier molecular flexibility index (Phi) is 7.59. The molecule has 0 aliphatic carbocycles. The van der Waals surface area contributed by atoms with E-state index in [2.05, 4.69) is 12.0 Å². The average Bonchev–Trinajstić information content (AvgIpc) is 2.87. The van der Waals surface area contributed by atoms with E-state index in [1.807, 2.05) is 58.6 Å². The molecule has 8 heteroatoms. The first-order chi connectivity index (χ1) is 16.5. The molecule has 2 aromatic carbocycles. The maximum Gasteiger partial charge on any atom is 0.317 e. The lowest BCUT2D eigenvalue weighted by atomic mass is 9.89. The van der Waals surface area contributed by atoms with Crippen molar-refractivity contribution in [2.24, 2.45) is 5.10 Å². The van der Waals surface area contributed by atoms with E-state index in [9.17, 15) is 14.7 Å². The highest BCUT2D eigenvalue weighted by Crippen LogP contribution is 2.33. The maximum atomic E-state index is 13.2. The molecule has 0 aromatic heterocycles. The predicted octanol–water partition coefficient (Wildman–Crippen LogP) is 3.02. The molecule has 180 valence electrons. The molecule has 2 aliphatic heterocycles. The first kappa shape index (κ1) is 23.9. The van der Waals surface area contributed by atoms with Gasteiger partial charge in [-0.2, -0.15) is 5.10 Å². The highest BCUT2D eigenvalue weighted by atomic mass is 16.5. The van der Waals surface area contributed by atoms with Gasteiger partial charge in [-0.05, 0) is 53.8 Å². The molecule has 1 unspecified atom stereocenters. The standard InChI is InChI=1S/C26H32N4O4/c1-3-24-23-9-6-21(16-20(23)10-11-29(24)18-25(31)32)26(33)28(2)22-7-4-19(5-8-22)17-27-30-12-14-34-15-13-30/h4-9,16-17,24H,3,10-15,18H2,1-2H3,(H,31,32). The fraction of sp³-hybridized carbons (Fsp3) is 0.423. The maximum absolute atomic E-state index is 13.2. The summed E-state index contributed by atoms with van der Waals surface area (Å²) in [5, 5.41) is 15.7. The summed E-state index contributed by atoms with van der Waals surface area (Å²) in [7, 11) is 1.78. The second-order valence-corrected chi connectivity index (χ2v) is 8.72. The number of carbonyl (C=O) groups is 2. The van der Waals surface area contributed by atoms with E-state index in [-0.39, 0.29) is 18.5 Å². The van der Waals surface area contributed by atoms with Gasteiger partial charge in [0, 0.05) is 30.9 Å². The van der Waals surface area contributed by atoms with Crippen LogP contribution < -0.4 is 4.90 Å². The minimum absolute atomic E-state index is 0.0362. The number of hydrogen-bond donors (Lipinski definition) is 1. The number of nitrogens with zero attached hydrogens (tertiary/aromatic N) is 4. The molecular weight excluding hydrogens is 432 g/mol. The van der Waals surface area contributed by atoms with Crippen LogP contribution in [0.15, 0.2) is 47.6 Å². The number of hydrogen-bond acceptors (Lipinski definition) is 6. The SMILES string of the molecule is CCC1c2ccc(C(=O)N(C)c3ccc(C=NN4CCOCC4)cc3)cc2CCN1CC(=O)O. The molecule has 0 spiro atoms. The van der Waals surface area contributed by atoms with Crippen LogP contribution in [0.5, 0.6) is 0 Å². The third kappa shape index (κ3) is 5.46. The van der Waals surface area contributed by atoms with Crippen molar-refractivity contribution in [1.82, 2.24) is 9.91 Å². The number of benzene rings is 2. The molecule has 0 bridgehead atoms. The smallest absolute Gasteiger partial charge is 0.317 e. The molecule has 0 radical (unpaired) electrons. The fourth-order valence-electron chi connectivity index (χ4n) is 4.65. The number of carboxylic acids is 1. The predicted molar refractivity (Wildman–Crippen MR) is 132 cm³/mol. The van der Waals surface area contributed by atoms with Gasteiger partial charge in [0.1, 0.15) is 0 Å². The van der Waals surface area contributed by atoms with E-state index >= 15 is 0 Å². The Labute approximate surface area is 200 Å². The average molecular weight is 465 g/mol. The van der Waals surface area contributed by atoms with Crippen LogP contribution in [0, 0.1) is 0 Å². The summed E-state index contributed by atoms with van der Waals surface area (Å²) < 4.78 is 5.34. The summed E-state index contributed by atoms with van der Waals surface area (Å²) in [5.74, 6) is -0.882. The van der Waals surface area contributed by atoms with Gasteiger partial charge in [-0.1, -0.05) is 25.1 Å². The summed E-state index contributed by atoms with van der Waals surface area (Å²) in [6.45, 7) is 5.77. The van der Waals surface area contributed by atoms with Crippen molar-refractivity contribution in [1.29, 1.82) is 0 Å². The van der Waals surface area contributed by atoms with Gasteiger partial charge >= 0.3 is 5.97 Å². The van der Waals surface area contributed by atoms with Crippen molar-refractivity contribution >= 4 is 23.8 Å². The van der Waals surface area contributed by atoms with Gasteiger partial charge in [0.05, 0.1) is 39.1 Å². The molecule has 2 heterocycles. The molecule has 34 heavy (non-hydrogen) atoms. The zero-order valence-electron chi connectivity index (χ0n) is 19.8. The number of carbonyl (C=O) groups excluding carboxylic acids is 1. The van der Waals surface area contributed by atoms with Crippen LogP contribution in [0.25, 0.3) is 0 Å². The molecule has 0 saturated carbocycles. The minimum atomic E-state index is -0.811. The van der Waals surface area contributed by atoms with Crippen LogP contribution in [0.2, 0.25) is 0 Å². The third-order valence-corrected chi connectivity index (χ3v) is 6.53. The highest BCUT2D eigenvalue weighted by Gasteiger charge is 2.28. The van der Waals surface area contributed by atoms with Crippen LogP contribution >= 0.6 is 0 Å². The van der Waals surface area contributed by atoms with Crippen LogP contribution in [0.4, 0.5) is 5.69 Å². The van der Waals surface area contributed by atoms with Crippen molar-refractivity contribution in [3.63, 3.8) is 0 Å². The number of amides is 1. The number of carboxylic acid groups (broad SMARTS) is 1. The van der Waals surface area contributed by atoms with Crippen LogP contribution in [-0.4, -0.2) is 79.5 Å². The number of fused-ring (bicyclic) bond motifs is 1. The largest absolute Gasteiger partial charge is 0.480 e. The minimum Gasteiger partial charge on any atom is -0.480 e. The Morgan fingerprint density at radius 1 is 1.15 bits per heavy atom. The topological polar surface area (TPSA) is 85.7 Å². The number of ether oxygens (including phenoxy) is 1. The summed E-state index contributed by atoms with van der Waals surface area (Å²) in [6, 6.07) is 13.6. The Morgan fingerprint density at radius 3 is 2.56 bits per heavy atom. The fourth-order valence-corrected chi connectivity index (χ4v) is 4.65. The van der Waals surface area contributed by atoms with Crippen molar-refractivity contribution in [3.8, 4) is 0 Å². The van der Waals surface area contributed by atoms with Crippen molar-refractivity contribution in [2.45, 2.75) is 25.8 Å². The summed E-state index contributed by atoms with van der Waals surface area (Å²) in [4.78, 5) is 28.1. The van der Waals surface area contributed by atoms with Gasteiger partial charge in [0.15, 0.2) is 0 Å². The van der Waals surface area contributed by atoms with E-state index in [4.69, 9.17) is 4.74 Å². The monoisotopic (exact) mass is 464 g/mol. The summed E-state index contributed by atoms with van der Waals surface area (Å²) in [6.07, 6.45) is 3.40. The lowest BCUT2D eigenvalue weighted by Gasteiger charge is -2.36. The molecule has 1 fully saturated rings. The van der Waals surface area contributed by atoms with Gasteiger partial charge in [-0.15, -0.1) is 0 Å². The molecule has 4 rings (SSSR count). The van der Waals surface area contributed by atoms with E-state index in [1.54, 1.807) is 11.9 Å². The molecule has 1 N–H and O–H groups in total. The Balaban J connectivity index is 1.44. The lowest BCUT2D eigenvalue weighted by molar-refractivity contribution is -0.139. The number of rotatable bonds is 7. The second-order valence-electron chi connectivity index (χ2n) is 8.72. The number of hydrazone groups is 1. The molecule has 2 aromatic rings. The lowest BCUT2D eigenvalue weighted by Crippen LogP contribution is -2.39. The van der Waals surface area contributed by atoms with E-state index in [0.29, 0.717) is 25.3 Å². The van der Waals surface area contributed by atoms with Gasteiger partial charge in [0.25, 0.3) is 5.91 Å². The molecular formula is C26H32N4O4. The van der Waals surface area contributed by atoms with E-state index in [1.165, 1.54) is 0 Å². The Hall–Kier alpha value is -3.23. The van der Waals surface area contributed by atoms with Crippen LogP contribution in [0.1, 0.15) is 46.4 Å². The van der Waals surface area contributed by atoms with Crippen molar-refractivity contribution < 1.29 is 19.4 Å². The summed E-state index contributed by atoms with van der Waals surface area (Å²) >= 11 is 0. The highest BCUT2D eigenvalue weighted by molar-refractivity contribution is 6.06. The first-order valence-corrected chi connectivity index (χ1v) is 11.8. The van der Waals surface area contributed by atoms with Crippen LogP contribution in [0.3, 0.4) is 0 Å². The molecule has 1 amide bonds. The molecule has 8 nitrogen and oxygen atoms in total. The van der Waals surface area contributed by atoms with Gasteiger partial charge in [-0.25, -0.2) is 0 Å². The van der Waals surface area contributed by atoms with Crippen molar-refractivity contribution in [3.05, 3.63) is 64.7 Å². The van der Waals surface area contributed by atoms with E-state index in [0.717, 1.165) is 48.3 Å². The first-order valence-electron chi connectivity index (χ1n) is 11.8. The molecule has 1 atom stereocenters. The number of anilines is 1. The molecule has 1 saturated heterocycles. The van der Waals surface area contributed by atoms with Gasteiger partial charge in [0.2, 0.25) is 0 Å². The Bertz CT molecular complexity index is 1050. The number of morpholine rings is 1. The van der Waals surface area contributed by atoms with Crippen molar-refractivity contribution in [2.75, 3.05) is 51.3 Å². The Morgan fingerprint density at radius 2 is 1.88 bits per heavy atom. The van der Waals surface area contributed by atoms with E-state index < -0.39 is 5.97 Å². The normalized spacial score (nSPS) is 18.6. The number of aliphatic carboxylic acids is 1. The van der Waals surface area contributed by atoms with Gasteiger partial charge in [-0.3, -0.25) is 19.5 Å². The summed E-state index contributed by atoms with van der Waals surface area (Å²) in [5.41, 5.74) is 4.67. The van der Waals surface area contributed by atoms with Gasteiger partial charge < -0.3 is 14.7 Å².